The maximum Gasteiger partial charge on any atom is 0.312 e. The number of nitrogens with two attached hydrogens (primary N) is 1. The number of amides is 2. The lowest BCUT2D eigenvalue weighted by molar-refractivity contribution is -0.137. The average molecular weight is 558 g/mol. The van der Waals surface area contributed by atoms with Crippen molar-refractivity contribution in [3.05, 3.63) is 64.3 Å². The number of aliphatic carboxylic acids is 1. The molecular weight excluding hydrogens is 518 g/mol. The predicted molar refractivity (Wildman–Crippen MR) is 159 cm³/mol. The molecule has 1 aromatic heterocycles. The smallest absolute Gasteiger partial charge is 0.312 e. The van der Waals surface area contributed by atoms with Gasteiger partial charge in [0.15, 0.2) is 0 Å². The number of fused-ring (bicyclic) bond motifs is 1. The van der Waals surface area contributed by atoms with Crippen LogP contribution in [0.5, 0.6) is 0 Å². The number of carboxylic acids is 1. The molecule has 2 amide bonds. The zero-order valence-corrected chi connectivity index (χ0v) is 24.8. The number of hydrogen-bond acceptors (Lipinski definition) is 3. The Labute approximate surface area is 235 Å². The molecule has 0 radical (unpaired) electrons. The van der Waals surface area contributed by atoms with Crippen molar-refractivity contribution in [1.29, 1.82) is 0 Å². The largest absolute Gasteiger partial charge is 0.481 e. The Morgan fingerprint density at radius 2 is 1.76 bits per heavy atom. The zero-order chi connectivity index (χ0) is 28.3. The van der Waals surface area contributed by atoms with E-state index in [-0.39, 0.29) is 11.2 Å². The molecule has 3 aromatic rings. The Bertz CT molecular complexity index is 1290. The molecule has 1 heterocycles. The van der Waals surface area contributed by atoms with E-state index in [1.807, 2.05) is 43.0 Å². The number of carbonyl (C=O) groups excluding carboxylic acids is 1. The number of hydrogen-bond donors (Lipinski definition) is 3. The van der Waals surface area contributed by atoms with Crippen molar-refractivity contribution < 1.29 is 14.7 Å². The summed E-state index contributed by atoms with van der Waals surface area (Å²) in [6.45, 7) is 13.6. The second kappa shape index (κ2) is 12.0. The molecule has 0 aliphatic carbocycles. The first kappa shape index (κ1) is 29.9. The topological polar surface area (TPSA) is 97.3 Å². The summed E-state index contributed by atoms with van der Waals surface area (Å²) in [6.07, 6.45) is 1.46. The Morgan fingerprint density at radius 1 is 1.11 bits per heavy atom. The van der Waals surface area contributed by atoms with Crippen molar-refractivity contribution in [1.82, 2.24) is 9.88 Å². The number of thioether (sulfide) groups is 1. The number of halogens is 1. The van der Waals surface area contributed by atoms with Crippen LogP contribution in [0.4, 0.5) is 4.79 Å². The van der Waals surface area contributed by atoms with Crippen LogP contribution < -0.4 is 11.1 Å². The minimum absolute atomic E-state index is 0.0329. The van der Waals surface area contributed by atoms with E-state index in [9.17, 15) is 14.7 Å². The first-order valence-electron chi connectivity index (χ1n) is 13.1. The van der Waals surface area contributed by atoms with Crippen molar-refractivity contribution >= 4 is 46.3 Å². The van der Waals surface area contributed by atoms with Crippen molar-refractivity contribution in [2.45, 2.75) is 94.9 Å². The number of nitrogens with zero attached hydrogens (tertiary/aromatic N) is 1. The van der Waals surface area contributed by atoms with E-state index in [4.69, 9.17) is 17.3 Å². The molecule has 38 heavy (non-hydrogen) atoms. The monoisotopic (exact) mass is 557 g/mol. The van der Waals surface area contributed by atoms with Gasteiger partial charge in [-0.2, -0.15) is 0 Å². The first-order chi connectivity index (χ1) is 17.7. The number of primary amides is 1. The molecule has 1 unspecified atom stereocenters. The molecule has 206 valence electrons. The molecule has 4 N–H and O–H groups in total. The van der Waals surface area contributed by atoms with Gasteiger partial charge in [0.1, 0.15) is 0 Å². The van der Waals surface area contributed by atoms with Crippen LogP contribution in [0.3, 0.4) is 0 Å². The number of nitrogens with one attached hydrogen (secondary N) is 1. The molecule has 0 saturated heterocycles. The number of benzene rings is 2. The molecule has 0 aliphatic heterocycles. The van der Waals surface area contributed by atoms with E-state index in [2.05, 4.69) is 62.7 Å². The third kappa shape index (κ3) is 7.93. The highest BCUT2D eigenvalue weighted by Crippen LogP contribution is 2.43. The summed E-state index contributed by atoms with van der Waals surface area (Å²) in [5.41, 5.74) is 9.50. The minimum atomic E-state index is -0.853. The molecule has 0 bridgehead atoms. The molecule has 0 fully saturated rings. The Balaban J connectivity index is 2.24. The third-order valence-corrected chi connectivity index (χ3v) is 8.10. The molecule has 3 rings (SSSR count). The van der Waals surface area contributed by atoms with Gasteiger partial charge in [0, 0.05) is 56.2 Å². The third-order valence-electron chi connectivity index (χ3n) is 6.57. The quantitative estimate of drug-likeness (QED) is 0.212. The molecule has 1 atom stereocenters. The fourth-order valence-electron chi connectivity index (χ4n) is 4.79. The first-order valence-corrected chi connectivity index (χ1v) is 14.2. The maximum absolute atomic E-state index is 12.1. The summed E-state index contributed by atoms with van der Waals surface area (Å²) in [6, 6.07) is 13.9. The van der Waals surface area contributed by atoms with E-state index in [1.54, 1.807) is 0 Å². The van der Waals surface area contributed by atoms with Gasteiger partial charge < -0.3 is 20.7 Å². The standard InChI is InChI=1S/C30H40ClN3O3S/c1-19(2)21-11-14-24-23(16-21)27(38-29(3,4)5)25(34(24)18-20-9-12-22(31)13-10-20)17-30(6,33-28(32)37)15-7-8-26(35)36/h9-14,16,19H,7-8,15,17-18H2,1-6H3,(H,35,36)(H3,32,33,37). The van der Waals surface area contributed by atoms with E-state index < -0.39 is 17.5 Å². The number of carbonyl (C=O) groups is 2. The van der Waals surface area contributed by atoms with Gasteiger partial charge in [-0.25, -0.2) is 4.79 Å². The van der Waals surface area contributed by atoms with Crippen LogP contribution in [0.25, 0.3) is 10.9 Å². The van der Waals surface area contributed by atoms with Gasteiger partial charge in [0.2, 0.25) is 0 Å². The van der Waals surface area contributed by atoms with Crippen LogP contribution in [-0.4, -0.2) is 32.0 Å². The second-order valence-corrected chi connectivity index (χ2v) is 13.9. The molecule has 8 heteroatoms. The highest BCUT2D eigenvalue weighted by molar-refractivity contribution is 8.00. The van der Waals surface area contributed by atoms with Crippen molar-refractivity contribution in [2.24, 2.45) is 5.73 Å². The molecule has 0 spiro atoms. The fourth-order valence-corrected chi connectivity index (χ4v) is 6.11. The summed E-state index contributed by atoms with van der Waals surface area (Å²) in [5, 5.41) is 14.0. The zero-order valence-electron chi connectivity index (χ0n) is 23.2. The SMILES string of the molecule is CC(C)c1ccc2c(c1)c(SC(C)(C)C)c(CC(C)(CCCC(=O)O)NC(N)=O)n2Cc1ccc(Cl)cc1. The number of rotatable bonds is 11. The summed E-state index contributed by atoms with van der Waals surface area (Å²) < 4.78 is 2.27. The fraction of sp³-hybridized carbons (Fsp3) is 0.467. The van der Waals surface area contributed by atoms with Crippen LogP contribution in [0.1, 0.15) is 83.5 Å². The van der Waals surface area contributed by atoms with Crippen LogP contribution >= 0.6 is 23.4 Å². The summed E-state index contributed by atoms with van der Waals surface area (Å²) in [5.74, 6) is -0.471. The van der Waals surface area contributed by atoms with E-state index >= 15 is 0 Å². The number of aromatic nitrogens is 1. The highest BCUT2D eigenvalue weighted by Gasteiger charge is 2.32. The molecule has 6 nitrogen and oxygen atoms in total. The number of urea groups is 1. The number of carboxylic acid groups (broad SMARTS) is 1. The molecule has 2 aromatic carbocycles. The van der Waals surface area contributed by atoms with Crippen molar-refractivity contribution in [2.75, 3.05) is 0 Å². The highest BCUT2D eigenvalue weighted by atomic mass is 35.5. The molecular formula is C30H40ClN3O3S. The van der Waals surface area contributed by atoms with Gasteiger partial charge in [-0.3, -0.25) is 4.79 Å². The summed E-state index contributed by atoms with van der Waals surface area (Å²) in [7, 11) is 0. The van der Waals surface area contributed by atoms with Crippen LogP contribution in [0.2, 0.25) is 5.02 Å². The predicted octanol–water partition coefficient (Wildman–Crippen LogP) is 7.58. The Morgan fingerprint density at radius 3 is 2.32 bits per heavy atom. The van der Waals surface area contributed by atoms with Gasteiger partial charge in [0.05, 0.1) is 0 Å². The lowest BCUT2D eigenvalue weighted by Gasteiger charge is -2.32. The van der Waals surface area contributed by atoms with Crippen LogP contribution in [0, 0.1) is 0 Å². The van der Waals surface area contributed by atoms with Gasteiger partial charge in [0.25, 0.3) is 0 Å². The van der Waals surface area contributed by atoms with Gasteiger partial charge in [-0.15, -0.1) is 11.8 Å². The van der Waals surface area contributed by atoms with E-state index in [1.165, 1.54) is 15.8 Å². The lowest BCUT2D eigenvalue weighted by Crippen LogP contribution is -2.50. The van der Waals surface area contributed by atoms with Gasteiger partial charge in [-0.1, -0.05) is 64.4 Å². The average Bonchev–Trinajstić information content (AvgIpc) is 3.04. The van der Waals surface area contributed by atoms with Gasteiger partial charge in [-0.05, 0) is 61.1 Å². The maximum atomic E-state index is 12.1. The lowest BCUT2D eigenvalue weighted by atomic mass is 9.89. The van der Waals surface area contributed by atoms with Crippen molar-refractivity contribution in [3.8, 4) is 0 Å². The molecule has 0 aliphatic rings. The molecule has 0 saturated carbocycles. The Kier molecular flexibility index (Phi) is 9.48. The summed E-state index contributed by atoms with van der Waals surface area (Å²) >= 11 is 7.99. The Hall–Kier alpha value is -2.64. The van der Waals surface area contributed by atoms with E-state index in [0.29, 0.717) is 36.7 Å². The van der Waals surface area contributed by atoms with Gasteiger partial charge >= 0.3 is 12.0 Å². The minimum Gasteiger partial charge on any atom is -0.481 e. The van der Waals surface area contributed by atoms with E-state index in [0.717, 1.165) is 16.8 Å². The summed E-state index contributed by atoms with van der Waals surface area (Å²) in [4.78, 5) is 24.5. The van der Waals surface area contributed by atoms with Crippen LogP contribution in [-0.2, 0) is 17.8 Å². The second-order valence-electron chi connectivity index (χ2n) is 11.6. The van der Waals surface area contributed by atoms with Crippen LogP contribution in [0.15, 0.2) is 47.4 Å². The normalized spacial score (nSPS) is 13.6. The van der Waals surface area contributed by atoms with Crippen molar-refractivity contribution in [3.63, 3.8) is 0 Å².